The number of benzene rings is 1. The van der Waals surface area contributed by atoms with Gasteiger partial charge in [0.2, 0.25) is 0 Å². The van der Waals surface area contributed by atoms with Crippen molar-refractivity contribution in [1.82, 2.24) is 10.3 Å². The van der Waals surface area contributed by atoms with Gasteiger partial charge in [0, 0.05) is 29.9 Å². The normalized spacial score (nSPS) is 17.1. The van der Waals surface area contributed by atoms with Crippen molar-refractivity contribution in [3.05, 3.63) is 59.7 Å². The summed E-state index contributed by atoms with van der Waals surface area (Å²) in [6, 6.07) is 9.02. The van der Waals surface area contributed by atoms with Crippen LogP contribution in [0.1, 0.15) is 37.8 Å². The second-order valence-corrected chi connectivity index (χ2v) is 6.29. The van der Waals surface area contributed by atoms with Gasteiger partial charge >= 0.3 is 0 Å². The largest absolute Gasteiger partial charge is 0.367 e. The zero-order valence-corrected chi connectivity index (χ0v) is 12.0. The van der Waals surface area contributed by atoms with E-state index in [4.69, 9.17) is 0 Å². The maximum Gasteiger partial charge on any atom is 0.123 e. The van der Waals surface area contributed by atoms with Crippen LogP contribution in [0, 0.1) is 5.82 Å². The molecule has 0 bridgehead atoms. The van der Waals surface area contributed by atoms with Crippen molar-refractivity contribution in [1.29, 1.82) is 0 Å². The van der Waals surface area contributed by atoms with Crippen LogP contribution in [0.15, 0.2) is 42.7 Å². The third kappa shape index (κ3) is 2.27. The van der Waals surface area contributed by atoms with Crippen LogP contribution in [0.4, 0.5) is 4.39 Å². The highest BCUT2D eigenvalue weighted by Crippen LogP contribution is 2.51. The van der Waals surface area contributed by atoms with E-state index in [2.05, 4.69) is 30.2 Å². The Morgan fingerprint density at radius 2 is 1.90 bits per heavy atom. The zero-order chi connectivity index (χ0) is 14.2. The molecule has 1 aliphatic carbocycles. The summed E-state index contributed by atoms with van der Waals surface area (Å²) in [5, 5.41) is 3.71. The lowest BCUT2D eigenvalue weighted by Gasteiger charge is -2.36. The van der Waals surface area contributed by atoms with Gasteiger partial charge < -0.3 is 10.3 Å². The van der Waals surface area contributed by atoms with E-state index in [1.807, 2.05) is 24.5 Å². The second-order valence-electron chi connectivity index (χ2n) is 6.29. The van der Waals surface area contributed by atoms with Gasteiger partial charge in [-0.05, 0) is 42.2 Å². The molecule has 3 heteroatoms. The molecule has 106 valence electrons. The highest BCUT2D eigenvalue weighted by Gasteiger charge is 2.54. The van der Waals surface area contributed by atoms with Gasteiger partial charge in [0.1, 0.15) is 5.82 Å². The van der Waals surface area contributed by atoms with Crippen LogP contribution in [0.25, 0.3) is 0 Å². The number of rotatable bonds is 5. The first-order valence-corrected chi connectivity index (χ1v) is 7.16. The van der Waals surface area contributed by atoms with Crippen LogP contribution in [-0.2, 0) is 12.0 Å². The molecule has 0 atom stereocenters. The molecule has 0 spiro atoms. The fraction of sp³-hybridized carbons (Fsp3) is 0.412. The lowest BCUT2D eigenvalue weighted by atomic mass is 9.75. The number of aromatic nitrogens is 1. The molecule has 1 heterocycles. The van der Waals surface area contributed by atoms with E-state index in [0.717, 1.165) is 6.54 Å². The molecule has 0 aliphatic heterocycles. The number of nitrogens with one attached hydrogen (secondary N) is 2. The standard InChI is InChI=1S/C17H21FN2/c1-16(2,14-3-5-15(18)6-4-14)17(8-9-17)20-12-13-7-10-19-11-13/h3-7,10-11,19-20H,8-9,12H2,1-2H3. The van der Waals surface area contributed by atoms with Gasteiger partial charge in [-0.15, -0.1) is 0 Å². The van der Waals surface area contributed by atoms with E-state index >= 15 is 0 Å². The SMILES string of the molecule is CC(C)(c1ccc(F)cc1)C1(NCc2cc[nH]c2)CC1. The van der Waals surface area contributed by atoms with Gasteiger partial charge in [0.25, 0.3) is 0 Å². The van der Waals surface area contributed by atoms with E-state index in [1.54, 1.807) is 12.1 Å². The van der Waals surface area contributed by atoms with Crippen molar-refractivity contribution in [2.45, 2.75) is 44.2 Å². The molecular formula is C17H21FN2. The maximum atomic E-state index is 13.1. The third-order valence-electron chi connectivity index (χ3n) is 4.81. The highest BCUT2D eigenvalue weighted by atomic mass is 19.1. The lowest BCUT2D eigenvalue weighted by Crippen LogP contribution is -2.47. The average molecular weight is 272 g/mol. The summed E-state index contributed by atoms with van der Waals surface area (Å²) < 4.78 is 13.1. The zero-order valence-electron chi connectivity index (χ0n) is 12.0. The molecule has 2 aromatic rings. The molecule has 0 unspecified atom stereocenters. The smallest absolute Gasteiger partial charge is 0.123 e. The van der Waals surface area contributed by atoms with Crippen LogP contribution < -0.4 is 5.32 Å². The molecule has 0 saturated heterocycles. The van der Waals surface area contributed by atoms with Gasteiger partial charge in [0.05, 0.1) is 0 Å². The van der Waals surface area contributed by atoms with E-state index in [0.29, 0.717) is 0 Å². The summed E-state index contributed by atoms with van der Waals surface area (Å²) >= 11 is 0. The molecule has 1 aliphatic rings. The quantitative estimate of drug-likeness (QED) is 0.852. The molecule has 3 rings (SSSR count). The minimum Gasteiger partial charge on any atom is -0.367 e. The molecule has 1 fully saturated rings. The van der Waals surface area contributed by atoms with Gasteiger partial charge in [-0.25, -0.2) is 4.39 Å². The lowest BCUT2D eigenvalue weighted by molar-refractivity contribution is 0.316. The van der Waals surface area contributed by atoms with Gasteiger partial charge in [-0.1, -0.05) is 26.0 Å². The molecule has 2 nitrogen and oxygen atoms in total. The minimum atomic E-state index is -0.172. The summed E-state index contributed by atoms with van der Waals surface area (Å²) in [5.74, 6) is -0.172. The van der Waals surface area contributed by atoms with Gasteiger partial charge in [-0.2, -0.15) is 0 Å². The summed E-state index contributed by atoms with van der Waals surface area (Å²) in [4.78, 5) is 3.08. The highest BCUT2D eigenvalue weighted by molar-refractivity contribution is 5.33. The number of halogens is 1. The topological polar surface area (TPSA) is 27.8 Å². The van der Waals surface area contributed by atoms with Crippen molar-refractivity contribution >= 4 is 0 Å². The van der Waals surface area contributed by atoms with E-state index in [1.165, 1.54) is 24.0 Å². The predicted molar refractivity (Wildman–Crippen MR) is 79.0 cm³/mol. The van der Waals surface area contributed by atoms with E-state index < -0.39 is 0 Å². The Bertz CT molecular complexity index is 566. The van der Waals surface area contributed by atoms with Crippen molar-refractivity contribution in [2.24, 2.45) is 0 Å². The summed E-state index contributed by atoms with van der Waals surface area (Å²) in [5.41, 5.74) is 2.59. The third-order valence-corrected chi connectivity index (χ3v) is 4.81. The first-order valence-electron chi connectivity index (χ1n) is 7.16. The van der Waals surface area contributed by atoms with Crippen molar-refractivity contribution < 1.29 is 4.39 Å². The molecule has 0 radical (unpaired) electrons. The Kier molecular flexibility index (Phi) is 3.17. The monoisotopic (exact) mass is 272 g/mol. The van der Waals surface area contributed by atoms with Crippen LogP contribution in [0.3, 0.4) is 0 Å². The average Bonchev–Trinajstić information content (AvgIpc) is 3.06. The number of aromatic amines is 1. The fourth-order valence-electron chi connectivity index (χ4n) is 3.03. The predicted octanol–water partition coefficient (Wildman–Crippen LogP) is 3.75. The Hall–Kier alpha value is -1.61. The van der Waals surface area contributed by atoms with Crippen LogP contribution in [0.5, 0.6) is 0 Å². The molecule has 20 heavy (non-hydrogen) atoms. The first kappa shape index (κ1) is 13.4. The number of H-pyrrole nitrogens is 1. The van der Waals surface area contributed by atoms with Crippen molar-refractivity contribution in [3.8, 4) is 0 Å². The first-order chi connectivity index (χ1) is 9.53. The fourth-order valence-corrected chi connectivity index (χ4v) is 3.03. The molecule has 1 aromatic heterocycles. The molecule has 2 N–H and O–H groups in total. The second kappa shape index (κ2) is 4.74. The van der Waals surface area contributed by atoms with E-state index in [9.17, 15) is 4.39 Å². The van der Waals surface area contributed by atoms with Crippen LogP contribution >= 0.6 is 0 Å². The van der Waals surface area contributed by atoms with E-state index in [-0.39, 0.29) is 16.8 Å². The Balaban J connectivity index is 1.77. The van der Waals surface area contributed by atoms with Gasteiger partial charge in [0.15, 0.2) is 0 Å². The van der Waals surface area contributed by atoms with Crippen LogP contribution in [-0.4, -0.2) is 10.5 Å². The maximum absolute atomic E-state index is 13.1. The Morgan fingerprint density at radius 1 is 1.20 bits per heavy atom. The molecule has 0 amide bonds. The molecular weight excluding hydrogens is 251 g/mol. The summed E-state index contributed by atoms with van der Waals surface area (Å²) in [6.45, 7) is 5.36. The minimum absolute atomic E-state index is 0.00297. The number of hydrogen-bond donors (Lipinski definition) is 2. The summed E-state index contributed by atoms with van der Waals surface area (Å²) in [6.07, 6.45) is 6.30. The Labute approximate surface area is 119 Å². The number of hydrogen-bond acceptors (Lipinski definition) is 1. The Morgan fingerprint density at radius 3 is 2.45 bits per heavy atom. The van der Waals surface area contributed by atoms with Crippen molar-refractivity contribution in [3.63, 3.8) is 0 Å². The summed E-state index contributed by atoms with van der Waals surface area (Å²) in [7, 11) is 0. The van der Waals surface area contributed by atoms with Crippen molar-refractivity contribution in [2.75, 3.05) is 0 Å². The van der Waals surface area contributed by atoms with Crippen LogP contribution in [0.2, 0.25) is 0 Å². The van der Waals surface area contributed by atoms with Gasteiger partial charge in [-0.3, -0.25) is 0 Å². The molecule has 1 aromatic carbocycles. The molecule has 1 saturated carbocycles.